The number of hydrogen-bond acceptors (Lipinski definition) is 4. The molecule has 6 nitrogen and oxygen atoms in total. The zero-order chi connectivity index (χ0) is 17.3. The minimum atomic E-state index is -0.473. The Morgan fingerprint density at radius 1 is 1.25 bits per heavy atom. The van der Waals surface area contributed by atoms with E-state index in [0.717, 1.165) is 17.0 Å². The fraction of sp³-hybridized carbons (Fsp3) is 0.278. The molecule has 0 bridgehead atoms. The van der Waals surface area contributed by atoms with Crippen molar-refractivity contribution in [2.45, 2.75) is 26.8 Å². The van der Waals surface area contributed by atoms with Crippen molar-refractivity contribution in [2.24, 2.45) is 0 Å². The number of nitrogens with zero attached hydrogens (tertiary/aromatic N) is 3. The normalized spacial score (nSPS) is 12.3. The van der Waals surface area contributed by atoms with E-state index in [1.807, 2.05) is 50.2 Å². The maximum atomic E-state index is 12.8. The lowest BCUT2D eigenvalue weighted by Gasteiger charge is -2.16. The molecule has 0 unspecified atom stereocenters. The summed E-state index contributed by atoms with van der Waals surface area (Å²) in [4.78, 5) is 17.3. The molecule has 0 aliphatic carbocycles. The molecular weight excluding hydrogens is 304 g/mol. The van der Waals surface area contributed by atoms with Gasteiger partial charge in [0.1, 0.15) is 5.56 Å². The fourth-order valence-corrected chi connectivity index (χ4v) is 2.84. The summed E-state index contributed by atoms with van der Waals surface area (Å²) in [5.74, 6) is -0.289. The van der Waals surface area contributed by atoms with Gasteiger partial charge in [-0.25, -0.2) is 9.50 Å². The number of aliphatic hydroxyl groups is 1. The van der Waals surface area contributed by atoms with Crippen LogP contribution in [0.3, 0.4) is 0 Å². The molecule has 0 saturated carbocycles. The van der Waals surface area contributed by atoms with Gasteiger partial charge in [0.2, 0.25) is 0 Å². The zero-order valence-corrected chi connectivity index (χ0v) is 13.9. The van der Waals surface area contributed by atoms with E-state index in [1.54, 1.807) is 11.4 Å². The highest BCUT2D eigenvalue weighted by molar-refractivity contribution is 6.01. The van der Waals surface area contributed by atoms with E-state index in [2.05, 4.69) is 15.4 Å². The van der Waals surface area contributed by atoms with Crippen molar-refractivity contribution in [3.63, 3.8) is 0 Å². The third kappa shape index (κ3) is 2.88. The molecule has 3 aromatic rings. The van der Waals surface area contributed by atoms with Crippen LogP contribution in [-0.4, -0.2) is 32.2 Å². The Balaban J connectivity index is 1.98. The summed E-state index contributed by atoms with van der Waals surface area (Å²) in [6.45, 7) is 5.42. The van der Waals surface area contributed by atoms with Crippen LogP contribution in [0.5, 0.6) is 0 Å². The number of amides is 1. The quantitative estimate of drug-likeness (QED) is 0.770. The topological polar surface area (TPSA) is 79.5 Å². The highest BCUT2D eigenvalue weighted by atomic mass is 16.3. The zero-order valence-electron chi connectivity index (χ0n) is 13.9. The first kappa shape index (κ1) is 16.1. The van der Waals surface area contributed by atoms with E-state index < -0.39 is 6.04 Å². The van der Waals surface area contributed by atoms with E-state index in [4.69, 9.17) is 0 Å². The van der Waals surface area contributed by atoms with Gasteiger partial charge in [0, 0.05) is 11.4 Å². The molecule has 0 aliphatic heterocycles. The number of hydrogen-bond donors (Lipinski definition) is 2. The molecule has 24 heavy (non-hydrogen) atoms. The standard InChI is InChI=1S/C18H20N4O2/c1-11-9-12(2)22-17(19-11)16(13(3)21-22)18(24)20-15(10-23)14-7-5-4-6-8-14/h4-9,15,23H,10H2,1-3H3,(H,20,24)/t15-/m1/s1. The Labute approximate surface area is 140 Å². The number of nitrogens with one attached hydrogen (secondary N) is 1. The number of aliphatic hydroxyl groups excluding tert-OH is 1. The lowest BCUT2D eigenvalue weighted by atomic mass is 10.1. The number of aromatic nitrogens is 3. The van der Waals surface area contributed by atoms with Crippen molar-refractivity contribution >= 4 is 11.6 Å². The molecule has 1 aromatic carbocycles. The van der Waals surface area contributed by atoms with Crippen molar-refractivity contribution in [1.29, 1.82) is 0 Å². The minimum absolute atomic E-state index is 0.181. The van der Waals surface area contributed by atoms with Crippen molar-refractivity contribution in [1.82, 2.24) is 19.9 Å². The number of rotatable bonds is 4. The molecule has 2 N–H and O–H groups in total. The van der Waals surface area contributed by atoms with Crippen molar-refractivity contribution < 1.29 is 9.90 Å². The maximum absolute atomic E-state index is 12.8. The van der Waals surface area contributed by atoms with E-state index in [-0.39, 0.29) is 12.5 Å². The van der Waals surface area contributed by atoms with Crippen LogP contribution in [0, 0.1) is 20.8 Å². The Hall–Kier alpha value is -2.73. The molecule has 0 aliphatic rings. The van der Waals surface area contributed by atoms with E-state index in [1.165, 1.54) is 0 Å². The van der Waals surface area contributed by atoms with Crippen LogP contribution < -0.4 is 5.32 Å². The summed E-state index contributed by atoms with van der Waals surface area (Å²) in [5.41, 5.74) is 4.18. The number of fused-ring (bicyclic) bond motifs is 1. The third-order valence-corrected chi connectivity index (χ3v) is 3.99. The number of carbonyl (C=O) groups is 1. The molecule has 2 aromatic heterocycles. The number of carbonyl (C=O) groups excluding carboxylic acids is 1. The van der Waals surface area contributed by atoms with Crippen LogP contribution in [0.15, 0.2) is 36.4 Å². The summed E-state index contributed by atoms with van der Waals surface area (Å²) >= 11 is 0. The summed E-state index contributed by atoms with van der Waals surface area (Å²) < 4.78 is 1.67. The largest absolute Gasteiger partial charge is 0.394 e. The third-order valence-electron chi connectivity index (χ3n) is 3.99. The average Bonchev–Trinajstić information content (AvgIpc) is 2.89. The molecule has 1 atom stereocenters. The molecule has 3 rings (SSSR count). The van der Waals surface area contributed by atoms with Gasteiger partial charge in [-0.15, -0.1) is 0 Å². The molecule has 6 heteroatoms. The van der Waals surface area contributed by atoms with Crippen molar-refractivity contribution in [3.8, 4) is 0 Å². The highest BCUT2D eigenvalue weighted by Gasteiger charge is 2.22. The second kappa shape index (κ2) is 6.41. The molecule has 0 spiro atoms. The predicted octanol–water partition coefficient (Wildman–Crippen LogP) is 2.12. The molecule has 2 heterocycles. The van der Waals surface area contributed by atoms with Gasteiger partial charge in [0.25, 0.3) is 5.91 Å². The Bertz CT molecular complexity index is 887. The Kier molecular flexibility index (Phi) is 4.31. The maximum Gasteiger partial charge on any atom is 0.257 e. The van der Waals surface area contributed by atoms with Crippen LogP contribution in [0.2, 0.25) is 0 Å². The van der Waals surface area contributed by atoms with Gasteiger partial charge in [-0.3, -0.25) is 4.79 Å². The van der Waals surface area contributed by atoms with Gasteiger partial charge < -0.3 is 10.4 Å². The Morgan fingerprint density at radius 3 is 2.62 bits per heavy atom. The van der Waals surface area contributed by atoms with Gasteiger partial charge in [-0.1, -0.05) is 30.3 Å². The van der Waals surface area contributed by atoms with Crippen LogP contribution in [0.25, 0.3) is 5.65 Å². The van der Waals surface area contributed by atoms with Crippen LogP contribution in [0.4, 0.5) is 0 Å². The van der Waals surface area contributed by atoms with E-state index in [0.29, 0.717) is 16.9 Å². The number of aryl methyl sites for hydroxylation is 3. The molecular formula is C18H20N4O2. The lowest BCUT2D eigenvalue weighted by Crippen LogP contribution is -2.31. The molecule has 0 radical (unpaired) electrons. The van der Waals surface area contributed by atoms with Crippen LogP contribution in [0.1, 0.15) is 39.0 Å². The van der Waals surface area contributed by atoms with Crippen molar-refractivity contribution in [2.75, 3.05) is 6.61 Å². The molecule has 1 amide bonds. The monoisotopic (exact) mass is 324 g/mol. The van der Waals surface area contributed by atoms with Gasteiger partial charge in [-0.05, 0) is 32.4 Å². The number of benzene rings is 1. The Morgan fingerprint density at radius 2 is 1.96 bits per heavy atom. The van der Waals surface area contributed by atoms with Crippen molar-refractivity contribution in [3.05, 3.63) is 64.6 Å². The second-order valence-corrected chi connectivity index (χ2v) is 5.85. The van der Waals surface area contributed by atoms with Gasteiger partial charge in [-0.2, -0.15) is 5.10 Å². The summed E-state index contributed by atoms with van der Waals surface area (Å²) in [6.07, 6.45) is 0. The summed E-state index contributed by atoms with van der Waals surface area (Å²) in [6, 6.07) is 10.8. The summed E-state index contributed by atoms with van der Waals surface area (Å²) in [7, 11) is 0. The van der Waals surface area contributed by atoms with Crippen LogP contribution in [-0.2, 0) is 0 Å². The smallest absolute Gasteiger partial charge is 0.257 e. The fourth-order valence-electron chi connectivity index (χ4n) is 2.84. The van der Waals surface area contributed by atoms with Crippen LogP contribution >= 0.6 is 0 Å². The summed E-state index contributed by atoms with van der Waals surface area (Å²) in [5, 5.41) is 16.9. The lowest BCUT2D eigenvalue weighted by molar-refractivity contribution is 0.0917. The highest BCUT2D eigenvalue weighted by Crippen LogP contribution is 2.18. The van der Waals surface area contributed by atoms with Gasteiger partial charge in [0.15, 0.2) is 5.65 Å². The SMILES string of the molecule is Cc1cc(C)n2nc(C)c(C(=O)N[C@H](CO)c3ccccc3)c2n1. The molecule has 0 saturated heterocycles. The van der Waals surface area contributed by atoms with E-state index in [9.17, 15) is 9.90 Å². The first-order valence-electron chi connectivity index (χ1n) is 7.81. The average molecular weight is 324 g/mol. The van der Waals surface area contributed by atoms with E-state index >= 15 is 0 Å². The molecule has 124 valence electrons. The molecule has 0 fully saturated rings. The predicted molar refractivity (Wildman–Crippen MR) is 90.9 cm³/mol. The minimum Gasteiger partial charge on any atom is -0.394 e. The van der Waals surface area contributed by atoms with Gasteiger partial charge >= 0.3 is 0 Å². The first-order valence-corrected chi connectivity index (χ1v) is 7.81. The van der Waals surface area contributed by atoms with Gasteiger partial charge in [0.05, 0.1) is 18.3 Å². The first-order chi connectivity index (χ1) is 11.5. The second-order valence-electron chi connectivity index (χ2n) is 5.85.